The summed E-state index contributed by atoms with van der Waals surface area (Å²) in [6.45, 7) is 3.69. The molecule has 2 rings (SSSR count). The number of halogens is 1. The molecular formula is C19H19ClN2O2. The minimum atomic E-state index is -0.249. The first-order chi connectivity index (χ1) is 11.5. The van der Waals surface area contributed by atoms with Gasteiger partial charge < -0.3 is 10.6 Å². The lowest BCUT2D eigenvalue weighted by Gasteiger charge is -2.10. The van der Waals surface area contributed by atoms with Crippen molar-refractivity contribution in [3.8, 4) is 0 Å². The normalized spacial score (nSPS) is 10.6. The second-order valence-electron chi connectivity index (χ2n) is 5.31. The van der Waals surface area contributed by atoms with Crippen molar-refractivity contribution in [2.75, 3.05) is 10.6 Å². The molecule has 24 heavy (non-hydrogen) atoms. The molecule has 2 amide bonds. The Hall–Kier alpha value is -2.59. The molecule has 0 unspecified atom stereocenters. The Balaban J connectivity index is 2.04. The topological polar surface area (TPSA) is 58.2 Å². The van der Waals surface area contributed by atoms with Gasteiger partial charge in [-0.2, -0.15) is 0 Å². The third kappa shape index (κ3) is 5.25. The van der Waals surface area contributed by atoms with Gasteiger partial charge in [0.1, 0.15) is 0 Å². The molecule has 0 saturated carbocycles. The van der Waals surface area contributed by atoms with Crippen LogP contribution in [0.3, 0.4) is 0 Å². The number of carbonyl (C=O) groups excluding carboxylic acids is 2. The highest BCUT2D eigenvalue weighted by molar-refractivity contribution is 6.30. The first-order valence-electron chi connectivity index (χ1n) is 7.63. The fraction of sp³-hybridized carbons (Fsp3) is 0.158. The van der Waals surface area contributed by atoms with E-state index in [-0.39, 0.29) is 11.8 Å². The van der Waals surface area contributed by atoms with Crippen LogP contribution in [-0.4, -0.2) is 11.8 Å². The van der Waals surface area contributed by atoms with Gasteiger partial charge in [0, 0.05) is 28.9 Å². The van der Waals surface area contributed by atoms with Crippen molar-refractivity contribution in [3.05, 3.63) is 64.7 Å². The van der Waals surface area contributed by atoms with Gasteiger partial charge in [-0.25, -0.2) is 0 Å². The van der Waals surface area contributed by atoms with E-state index in [1.807, 2.05) is 25.1 Å². The summed E-state index contributed by atoms with van der Waals surface area (Å²) >= 11 is 5.82. The number of hydrogen-bond donors (Lipinski definition) is 2. The minimum absolute atomic E-state index is 0.0655. The molecule has 0 aromatic heterocycles. The molecule has 0 aliphatic rings. The predicted molar refractivity (Wildman–Crippen MR) is 99.2 cm³/mol. The highest BCUT2D eigenvalue weighted by Gasteiger charge is 2.05. The van der Waals surface area contributed by atoms with Crippen LogP contribution in [0.25, 0.3) is 6.08 Å². The first kappa shape index (κ1) is 17.8. The van der Waals surface area contributed by atoms with Crippen molar-refractivity contribution in [2.45, 2.75) is 20.3 Å². The highest BCUT2D eigenvalue weighted by atomic mass is 35.5. The standard InChI is InChI=1S/C19H19ClN2O2/c1-3-18(23)22-17-12-16(10-4-13(17)2)21-19(24)11-7-14-5-8-15(20)9-6-14/h4-12H,3H2,1-2H3,(H,21,24)(H,22,23)/b11-7+. The number of amides is 2. The van der Waals surface area contributed by atoms with E-state index in [9.17, 15) is 9.59 Å². The zero-order chi connectivity index (χ0) is 17.5. The van der Waals surface area contributed by atoms with Crippen LogP contribution in [0.5, 0.6) is 0 Å². The van der Waals surface area contributed by atoms with Crippen LogP contribution < -0.4 is 10.6 Å². The van der Waals surface area contributed by atoms with Gasteiger partial charge in [0.25, 0.3) is 0 Å². The first-order valence-corrected chi connectivity index (χ1v) is 8.01. The molecule has 0 atom stereocenters. The Bertz CT molecular complexity index is 767. The zero-order valence-corrected chi connectivity index (χ0v) is 14.4. The summed E-state index contributed by atoms with van der Waals surface area (Å²) < 4.78 is 0. The summed E-state index contributed by atoms with van der Waals surface area (Å²) in [7, 11) is 0. The van der Waals surface area contributed by atoms with Crippen LogP contribution in [0.1, 0.15) is 24.5 Å². The Labute approximate surface area is 146 Å². The maximum atomic E-state index is 12.0. The molecule has 2 aromatic rings. The zero-order valence-electron chi connectivity index (χ0n) is 13.6. The third-order valence-corrected chi connectivity index (χ3v) is 3.65. The van der Waals surface area contributed by atoms with Crippen LogP contribution >= 0.6 is 11.6 Å². The summed E-state index contributed by atoms with van der Waals surface area (Å²) in [5, 5.41) is 6.25. The van der Waals surface area contributed by atoms with Crippen molar-refractivity contribution in [2.24, 2.45) is 0 Å². The molecular weight excluding hydrogens is 324 g/mol. The Kier molecular flexibility index (Phi) is 6.15. The van der Waals surface area contributed by atoms with Gasteiger partial charge >= 0.3 is 0 Å². The number of anilines is 2. The van der Waals surface area contributed by atoms with Crippen LogP contribution in [0.4, 0.5) is 11.4 Å². The SMILES string of the molecule is CCC(=O)Nc1cc(NC(=O)/C=C/c2ccc(Cl)cc2)ccc1C. The molecule has 0 radical (unpaired) electrons. The molecule has 0 fully saturated rings. The van der Waals surface area contributed by atoms with Crippen molar-refractivity contribution in [1.29, 1.82) is 0 Å². The monoisotopic (exact) mass is 342 g/mol. The summed E-state index contributed by atoms with van der Waals surface area (Å²) in [5.41, 5.74) is 3.14. The third-order valence-electron chi connectivity index (χ3n) is 3.40. The lowest BCUT2D eigenvalue weighted by molar-refractivity contribution is -0.116. The molecule has 124 valence electrons. The Morgan fingerprint density at radius 2 is 1.79 bits per heavy atom. The second kappa shape index (κ2) is 8.31. The van der Waals surface area contributed by atoms with Crippen LogP contribution in [-0.2, 0) is 9.59 Å². The minimum Gasteiger partial charge on any atom is -0.326 e. The van der Waals surface area contributed by atoms with E-state index in [2.05, 4.69) is 10.6 Å². The van der Waals surface area contributed by atoms with Crippen molar-refractivity contribution >= 4 is 40.9 Å². The fourth-order valence-electron chi connectivity index (χ4n) is 2.00. The number of benzene rings is 2. The molecule has 2 N–H and O–H groups in total. The number of rotatable bonds is 5. The summed E-state index contributed by atoms with van der Waals surface area (Å²) in [6, 6.07) is 12.6. The maximum Gasteiger partial charge on any atom is 0.248 e. The Morgan fingerprint density at radius 3 is 2.46 bits per heavy atom. The van der Waals surface area contributed by atoms with Crippen molar-refractivity contribution in [1.82, 2.24) is 0 Å². The fourth-order valence-corrected chi connectivity index (χ4v) is 2.13. The second-order valence-corrected chi connectivity index (χ2v) is 5.74. The molecule has 0 saturated heterocycles. The lowest BCUT2D eigenvalue weighted by atomic mass is 10.1. The van der Waals surface area contributed by atoms with Gasteiger partial charge in [-0.05, 0) is 48.4 Å². The van der Waals surface area contributed by atoms with Gasteiger partial charge in [0.05, 0.1) is 0 Å². The van der Waals surface area contributed by atoms with Crippen LogP contribution in [0.2, 0.25) is 5.02 Å². The number of aryl methyl sites for hydroxylation is 1. The van der Waals surface area contributed by atoms with E-state index >= 15 is 0 Å². The quantitative estimate of drug-likeness (QED) is 0.777. The average molecular weight is 343 g/mol. The van der Waals surface area contributed by atoms with E-state index < -0.39 is 0 Å². The molecule has 0 heterocycles. The van der Waals surface area contributed by atoms with Crippen molar-refractivity contribution < 1.29 is 9.59 Å². The van der Waals surface area contributed by atoms with E-state index in [4.69, 9.17) is 11.6 Å². The van der Waals surface area contributed by atoms with Crippen molar-refractivity contribution in [3.63, 3.8) is 0 Å². The highest BCUT2D eigenvalue weighted by Crippen LogP contribution is 2.20. The molecule has 4 nitrogen and oxygen atoms in total. The number of nitrogens with one attached hydrogen (secondary N) is 2. The van der Waals surface area contributed by atoms with Gasteiger partial charge in [0.2, 0.25) is 11.8 Å². The predicted octanol–water partition coefficient (Wildman–Crippen LogP) is 4.65. The summed E-state index contributed by atoms with van der Waals surface area (Å²) in [4.78, 5) is 23.5. The smallest absolute Gasteiger partial charge is 0.248 e. The van der Waals surface area contributed by atoms with E-state index in [1.165, 1.54) is 6.08 Å². The average Bonchev–Trinajstić information content (AvgIpc) is 2.57. The Morgan fingerprint density at radius 1 is 1.08 bits per heavy atom. The molecule has 0 aliphatic carbocycles. The van der Waals surface area contributed by atoms with E-state index in [0.29, 0.717) is 22.8 Å². The number of hydrogen-bond acceptors (Lipinski definition) is 2. The molecule has 0 aliphatic heterocycles. The van der Waals surface area contributed by atoms with Crippen LogP contribution in [0.15, 0.2) is 48.5 Å². The molecule has 0 spiro atoms. The van der Waals surface area contributed by atoms with Gasteiger partial charge in [-0.15, -0.1) is 0 Å². The largest absolute Gasteiger partial charge is 0.326 e. The van der Waals surface area contributed by atoms with E-state index in [0.717, 1.165) is 11.1 Å². The van der Waals surface area contributed by atoms with Gasteiger partial charge in [-0.1, -0.05) is 36.7 Å². The number of carbonyl (C=O) groups is 2. The van der Waals surface area contributed by atoms with Gasteiger partial charge in [-0.3, -0.25) is 9.59 Å². The van der Waals surface area contributed by atoms with E-state index in [1.54, 1.807) is 37.3 Å². The summed E-state index contributed by atoms with van der Waals surface area (Å²) in [5.74, 6) is -0.314. The molecule has 0 bridgehead atoms. The summed E-state index contributed by atoms with van der Waals surface area (Å²) in [6.07, 6.45) is 3.56. The van der Waals surface area contributed by atoms with Crippen LogP contribution in [0, 0.1) is 6.92 Å². The molecule has 2 aromatic carbocycles. The molecule has 5 heteroatoms. The maximum absolute atomic E-state index is 12.0. The van der Waals surface area contributed by atoms with Gasteiger partial charge in [0.15, 0.2) is 0 Å². The lowest BCUT2D eigenvalue weighted by Crippen LogP contribution is -2.12.